The summed E-state index contributed by atoms with van der Waals surface area (Å²) in [6.45, 7) is 4.42. The van der Waals surface area contributed by atoms with Gasteiger partial charge >= 0.3 is 0 Å². The highest BCUT2D eigenvalue weighted by Gasteiger charge is 2.14. The molecular weight excluding hydrogens is 342 g/mol. The van der Waals surface area contributed by atoms with Crippen LogP contribution in [-0.4, -0.2) is 35.2 Å². The number of amides is 1. The van der Waals surface area contributed by atoms with Crippen LogP contribution < -0.4 is 10.1 Å². The summed E-state index contributed by atoms with van der Waals surface area (Å²) in [6.07, 6.45) is 0.800. The molecule has 0 spiro atoms. The number of nitrogens with one attached hydrogen (secondary N) is 1. The van der Waals surface area contributed by atoms with Gasteiger partial charge < -0.3 is 19.4 Å². The molecule has 1 amide bonds. The third-order valence-corrected chi connectivity index (χ3v) is 4.14. The molecule has 2 aromatic carbocycles. The Morgan fingerprint density at radius 2 is 1.89 bits per heavy atom. The minimum atomic E-state index is -0.0457. The number of carbonyl (C=O) groups excluding carboxylic acids is 1. The predicted octanol–water partition coefficient (Wildman–Crippen LogP) is 3.16. The van der Waals surface area contributed by atoms with Crippen LogP contribution in [0.1, 0.15) is 19.2 Å². The van der Waals surface area contributed by atoms with Crippen molar-refractivity contribution in [1.29, 1.82) is 0 Å². The molecule has 0 bridgehead atoms. The number of hydrogen-bond donors (Lipinski definition) is 1. The van der Waals surface area contributed by atoms with Crippen molar-refractivity contribution >= 4 is 16.9 Å². The van der Waals surface area contributed by atoms with E-state index in [1.54, 1.807) is 0 Å². The normalized spacial score (nSPS) is 10.9. The van der Waals surface area contributed by atoms with Crippen molar-refractivity contribution in [2.75, 3.05) is 19.8 Å². The summed E-state index contributed by atoms with van der Waals surface area (Å²) in [6, 6.07) is 17.4. The Bertz CT molecular complexity index is 861. The van der Waals surface area contributed by atoms with Crippen molar-refractivity contribution in [3.63, 3.8) is 0 Å². The van der Waals surface area contributed by atoms with E-state index in [9.17, 15) is 4.79 Å². The zero-order chi connectivity index (χ0) is 18.9. The molecule has 27 heavy (non-hydrogen) atoms. The smallest absolute Gasteiger partial charge is 0.240 e. The predicted molar refractivity (Wildman–Crippen MR) is 105 cm³/mol. The van der Waals surface area contributed by atoms with Crippen LogP contribution in [0.3, 0.4) is 0 Å². The first kappa shape index (κ1) is 18.9. The van der Waals surface area contributed by atoms with Crippen LogP contribution in [0.2, 0.25) is 0 Å². The minimum absolute atomic E-state index is 0.0457. The second-order valence-corrected chi connectivity index (χ2v) is 6.11. The standard InChI is InChI=1S/C21H25N3O3/c1-2-26-14-8-13-22-21(25)15-24-19-12-7-6-11-18(19)23-20(24)16-27-17-9-4-3-5-10-17/h3-7,9-12H,2,8,13-16H2,1H3,(H,22,25). The van der Waals surface area contributed by atoms with E-state index in [1.807, 2.05) is 66.1 Å². The number of para-hydroxylation sites is 3. The van der Waals surface area contributed by atoms with E-state index in [1.165, 1.54) is 0 Å². The van der Waals surface area contributed by atoms with E-state index in [0.717, 1.165) is 29.0 Å². The number of aromatic nitrogens is 2. The summed E-state index contributed by atoms with van der Waals surface area (Å²) >= 11 is 0. The molecule has 1 heterocycles. The van der Waals surface area contributed by atoms with Gasteiger partial charge in [0.25, 0.3) is 0 Å². The van der Waals surface area contributed by atoms with Gasteiger partial charge in [-0.25, -0.2) is 4.98 Å². The van der Waals surface area contributed by atoms with E-state index in [4.69, 9.17) is 9.47 Å². The Labute approximate surface area is 159 Å². The monoisotopic (exact) mass is 367 g/mol. The highest BCUT2D eigenvalue weighted by Crippen LogP contribution is 2.18. The first-order chi connectivity index (χ1) is 13.3. The lowest BCUT2D eigenvalue weighted by Crippen LogP contribution is -2.29. The molecule has 0 saturated heterocycles. The lowest BCUT2D eigenvalue weighted by atomic mass is 10.3. The Morgan fingerprint density at radius 1 is 1.11 bits per heavy atom. The highest BCUT2D eigenvalue weighted by atomic mass is 16.5. The molecule has 0 unspecified atom stereocenters. The molecule has 0 fully saturated rings. The molecule has 0 radical (unpaired) electrons. The average molecular weight is 367 g/mol. The van der Waals surface area contributed by atoms with Crippen molar-refractivity contribution in [2.45, 2.75) is 26.5 Å². The highest BCUT2D eigenvalue weighted by molar-refractivity contribution is 5.81. The number of fused-ring (bicyclic) bond motifs is 1. The van der Waals surface area contributed by atoms with Gasteiger partial charge in [0, 0.05) is 19.8 Å². The first-order valence-corrected chi connectivity index (χ1v) is 9.24. The minimum Gasteiger partial charge on any atom is -0.486 e. The summed E-state index contributed by atoms with van der Waals surface area (Å²) in [5.41, 5.74) is 1.78. The fourth-order valence-electron chi connectivity index (χ4n) is 2.82. The molecule has 6 heteroatoms. The molecule has 0 aliphatic carbocycles. The average Bonchev–Trinajstić information content (AvgIpc) is 3.04. The van der Waals surface area contributed by atoms with Gasteiger partial charge in [-0.1, -0.05) is 30.3 Å². The lowest BCUT2D eigenvalue weighted by molar-refractivity contribution is -0.121. The van der Waals surface area contributed by atoms with Gasteiger partial charge in [0.1, 0.15) is 24.7 Å². The largest absolute Gasteiger partial charge is 0.486 e. The molecule has 0 saturated carbocycles. The van der Waals surface area contributed by atoms with Gasteiger partial charge in [0.15, 0.2) is 0 Å². The number of benzene rings is 2. The quantitative estimate of drug-likeness (QED) is 0.559. The molecular formula is C21H25N3O3. The van der Waals surface area contributed by atoms with Gasteiger partial charge in [-0.3, -0.25) is 4.79 Å². The van der Waals surface area contributed by atoms with Crippen LogP contribution in [0, 0.1) is 0 Å². The third kappa shape index (κ3) is 5.31. The van der Waals surface area contributed by atoms with Gasteiger partial charge in [0.05, 0.1) is 11.0 Å². The van der Waals surface area contributed by atoms with Crippen LogP contribution in [0.15, 0.2) is 54.6 Å². The second-order valence-electron chi connectivity index (χ2n) is 6.11. The van der Waals surface area contributed by atoms with E-state index in [-0.39, 0.29) is 12.5 Å². The molecule has 0 atom stereocenters. The molecule has 1 aromatic heterocycles. The zero-order valence-electron chi connectivity index (χ0n) is 15.6. The Morgan fingerprint density at radius 3 is 2.70 bits per heavy atom. The molecule has 142 valence electrons. The van der Waals surface area contributed by atoms with Crippen molar-refractivity contribution in [1.82, 2.24) is 14.9 Å². The summed E-state index contributed by atoms with van der Waals surface area (Å²) in [5.74, 6) is 1.46. The maximum absolute atomic E-state index is 12.4. The zero-order valence-corrected chi connectivity index (χ0v) is 15.6. The Balaban J connectivity index is 1.68. The van der Waals surface area contributed by atoms with Gasteiger partial charge in [0.2, 0.25) is 5.91 Å². The number of ether oxygens (including phenoxy) is 2. The molecule has 0 aliphatic heterocycles. The summed E-state index contributed by atoms with van der Waals surface area (Å²) in [7, 11) is 0. The number of hydrogen-bond acceptors (Lipinski definition) is 4. The number of rotatable bonds is 10. The molecule has 6 nitrogen and oxygen atoms in total. The fourth-order valence-corrected chi connectivity index (χ4v) is 2.82. The van der Waals surface area contributed by atoms with Crippen molar-refractivity contribution < 1.29 is 14.3 Å². The topological polar surface area (TPSA) is 65.4 Å². The third-order valence-electron chi connectivity index (χ3n) is 4.14. The second kappa shape index (κ2) is 9.73. The lowest BCUT2D eigenvalue weighted by Gasteiger charge is -2.11. The molecule has 3 rings (SSSR count). The maximum atomic E-state index is 12.4. The van der Waals surface area contributed by atoms with Crippen LogP contribution in [0.5, 0.6) is 5.75 Å². The van der Waals surface area contributed by atoms with Crippen LogP contribution in [0.25, 0.3) is 11.0 Å². The number of imidazole rings is 1. The van der Waals surface area contributed by atoms with E-state index in [0.29, 0.717) is 26.4 Å². The van der Waals surface area contributed by atoms with Crippen LogP contribution >= 0.6 is 0 Å². The van der Waals surface area contributed by atoms with Crippen LogP contribution in [-0.2, 0) is 22.7 Å². The first-order valence-electron chi connectivity index (χ1n) is 9.24. The van der Waals surface area contributed by atoms with Gasteiger partial charge in [-0.15, -0.1) is 0 Å². The summed E-state index contributed by atoms with van der Waals surface area (Å²) in [5, 5.41) is 2.94. The maximum Gasteiger partial charge on any atom is 0.240 e. The van der Waals surface area contributed by atoms with E-state index >= 15 is 0 Å². The van der Waals surface area contributed by atoms with Gasteiger partial charge in [-0.2, -0.15) is 0 Å². The number of carbonyl (C=O) groups is 1. The Hall–Kier alpha value is -2.86. The van der Waals surface area contributed by atoms with Crippen molar-refractivity contribution in [2.24, 2.45) is 0 Å². The number of nitrogens with zero attached hydrogens (tertiary/aromatic N) is 2. The van der Waals surface area contributed by atoms with Crippen molar-refractivity contribution in [3.8, 4) is 5.75 Å². The summed E-state index contributed by atoms with van der Waals surface area (Å²) < 4.78 is 13.0. The molecule has 3 aromatic rings. The Kier molecular flexibility index (Phi) is 6.82. The fraction of sp³-hybridized carbons (Fsp3) is 0.333. The molecule has 1 N–H and O–H groups in total. The molecule has 0 aliphatic rings. The van der Waals surface area contributed by atoms with E-state index in [2.05, 4.69) is 10.3 Å². The van der Waals surface area contributed by atoms with E-state index < -0.39 is 0 Å². The van der Waals surface area contributed by atoms with Crippen LogP contribution in [0.4, 0.5) is 0 Å². The SMILES string of the molecule is CCOCCCNC(=O)Cn1c(COc2ccccc2)nc2ccccc21. The van der Waals surface area contributed by atoms with Gasteiger partial charge in [-0.05, 0) is 37.6 Å². The summed E-state index contributed by atoms with van der Waals surface area (Å²) in [4.78, 5) is 17.0. The van der Waals surface area contributed by atoms with Crippen molar-refractivity contribution in [3.05, 3.63) is 60.4 Å².